The van der Waals surface area contributed by atoms with Gasteiger partial charge in [0.2, 0.25) is 0 Å². The Hall–Kier alpha value is -2.58. The van der Waals surface area contributed by atoms with Crippen molar-refractivity contribution in [3.8, 4) is 17.5 Å². The highest BCUT2D eigenvalue weighted by molar-refractivity contribution is 5.94. The van der Waals surface area contributed by atoms with Crippen LogP contribution in [0, 0.1) is 11.8 Å². The number of carbonyl (C=O) groups is 1. The average Bonchev–Trinajstić information content (AvgIpc) is 3.08. The van der Waals surface area contributed by atoms with Crippen molar-refractivity contribution in [2.24, 2.45) is 0 Å². The lowest BCUT2D eigenvalue weighted by molar-refractivity contribution is -0.126. The lowest BCUT2D eigenvalue weighted by Crippen LogP contribution is -2.46. The van der Waals surface area contributed by atoms with E-state index in [0.717, 1.165) is 37.4 Å². The SMILES string of the molecule is CN1CCN(C(=O)C#Cc2ccc(-n3cccn3)cc2)CC1. The van der Waals surface area contributed by atoms with E-state index in [2.05, 4.69) is 28.9 Å². The smallest absolute Gasteiger partial charge is 0.298 e. The molecule has 5 heteroatoms. The Kier molecular flexibility index (Phi) is 4.22. The van der Waals surface area contributed by atoms with E-state index in [4.69, 9.17) is 0 Å². The fraction of sp³-hybridized carbons (Fsp3) is 0.294. The molecule has 1 aliphatic heterocycles. The van der Waals surface area contributed by atoms with E-state index in [1.807, 2.05) is 41.4 Å². The number of nitrogens with zero attached hydrogens (tertiary/aromatic N) is 4. The van der Waals surface area contributed by atoms with Crippen molar-refractivity contribution >= 4 is 5.91 Å². The van der Waals surface area contributed by atoms with E-state index < -0.39 is 0 Å². The molecule has 0 N–H and O–H groups in total. The van der Waals surface area contributed by atoms with Gasteiger partial charge in [0.1, 0.15) is 0 Å². The number of likely N-dealkylation sites (N-methyl/N-ethyl adjacent to an activating group) is 1. The lowest BCUT2D eigenvalue weighted by atomic mass is 10.2. The number of amides is 1. The summed E-state index contributed by atoms with van der Waals surface area (Å²) in [5.74, 6) is 5.58. The molecule has 1 aliphatic rings. The predicted molar refractivity (Wildman–Crippen MR) is 84.5 cm³/mol. The van der Waals surface area contributed by atoms with Crippen LogP contribution in [0.2, 0.25) is 0 Å². The summed E-state index contributed by atoms with van der Waals surface area (Å²) in [6.45, 7) is 3.32. The molecule has 2 aromatic rings. The molecule has 0 unspecified atom stereocenters. The van der Waals surface area contributed by atoms with Crippen LogP contribution in [0.25, 0.3) is 5.69 Å². The van der Waals surface area contributed by atoms with E-state index in [-0.39, 0.29) is 5.91 Å². The highest BCUT2D eigenvalue weighted by atomic mass is 16.2. The van der Waals surface area contributed by atoms with Crippen LogP contribution in [0.1, 0.15) is 5.56 Å². The third-order valence-electron chi connectivity index (χ3n) is 3.74. The number of rotatable bonds is 1. The molecule has 22 heavy (non-hydrogen) atoms. The van der Waals surface area contributed by atoms with Gasteiger partial charge in [-0.15, -0.1) is 0 Å². The molecular formula is C17H18N4O. The maximum Gasteiger partial charge on any atom is 0.298 e. The van der Waals surface area contributed by atoms with Gasteiger partial charge in [-0.1, -0.05) is 5.92 Å². The first-order valence-electron chi connectivity index (χ1n) is 7.32. The molecule has 3 rings (SSSR count). The molecule has 1 amide bonds. The number of hydrogen-bond acceptors (Lipinski definition) is 3. The first kappa shape index (κ1) is 14.4. The Balaban J connectivity index is 1.65. The van der Waals surface area contributed by atoms with Crippen LogP contribution in [0.15, 0.2) is 42.7 Å². The van der Waals surface area contributed by atoms with Gasteiger partial charge in [-0.3, -0.25) is 4.79 Å². The van der Waals surface area contributed by atoms with Gasteiger partial charge < -0.3 is 9.80 Å². The van der Waals surface area contributed by atoms with Crippen molar-refractivity contribution in [1.82, 2.24) is 19.6 Å². The van der Waals surface area contributed by atoms with Gasteiger partial charge >= 0.3 is 0 Å². The highest BCUT2D eigenvalue weighted by Crippen LogP contribution is 2.07. The summed E-state index contributed by atoms with van der Waals surface area (Å²) >= 11 is 0. The van der Waals surface area contributed by atoms with E-state index in [1.165, 1.54) is 0 Å². The van der Waals surface area contributed by atoms with Crippen LogP contribution in [-0.4, -0.2) is 58.7 Å². The van der Waals surface area contributed by atoms with Crippen LogP contribution < -0.4 is 0 Å². The molecule has 0 bridgehead atoms. The monoisotopic (exact) mass is 294 g/mol. The molecule has 1 fully saturated rings. The van der Waals surface area contributed by atoms with Crippen LogP contribution in [0.4, 0.5) is 0 Å². The zero-order valence-electron chi connectivity index (χ0n) is 12.6. The first-order valence-corrected chi connectivity index (χ1v) is 7.32. The van der Waals surface area contributed by atoms with Crippen molar-refractivity contribution in [2.75, 3.05) is 33.2 Å². The topological polar surface area (TPSA) is 41.4 Å². The average molecular weight is 294 g/mol. The molecule has 112 valence electrons. The van der Waals surface area contributed by atoms with Crippen molar-refractivity contribution in [3.63, 3.8) is 0 Å². The largest absolute Gasteiger partial charge is 0.329 e. The second kappa shape index (κ2) is 6.46. The summed E-state index contributed by atoms with van der Waals surface area (Å²) in [6, 6.07) is 9.57. The molecule has 0 aliphatic carbocycles. The van der Waals surface area contributed by atoms with Gasteiger partial charge in [0.05, 0.1) is 5.69 Å². The second-order valence-electron chi connectivity index (χ2n) is 5.34. The molecule has 1 aromatic carbocycles. The maximum absolute atomic E-state index is 12.1. The molecular weight excluding hydrogens is 276 g/mol. The van der Waals surface area contributed by atoms with Crippen molar-refractivity contribution in [3.05, 3.63) is 48.3 Å². The maximum atomic E-state index is 12.1. The number of aromatic nitrogens is 2. The summed E-state index contributed by atoms with van der Waals surface area (Å²) in [4.78, 5) is 16.1. The quantitative estimate of drug-likeness (QED) is 0.737. The van der Waals surface area contributed by atoms with Gasteiger partial charge in [0.15, 0.2) is 0 Å². The number of benzene rings is 1. The van der Waals surface area contributed by atoms with E-state index in [1.54, 1.807) is 10.9 Å². The molecule has 0 saturated carbocycles. The van der Waals surface area contributed by atoms with Gasteiger partial charge in [0.25, 0.3) is 5.91 Å². The van der Waals surface area contributed by atoms with Crippen LogP contribution in [-0.2, 0) is 4.79 Å². The van der Waals surface area contributed by atoms with Crippen molar-refractivity contribution in [1.29, 1.82) is 0 Å². The summed E-state index contributed by atoms with van der Waals surface area (Å²) in [7, 11) is 2.06. The minimum atomic E-state index is -0.0933. The Morgan fingerprint density at radius 1 is 1.14 bits per heavy atom. The minimum Gasteiger partial charge on any atom is -0.329 e. The van der Waals surface area contributed by atoms with Crippen LogP contribution in [0.5, 0.6) is 0 Å². The Morgan fingerprint density at radius 2 is 1.86 bits per heavy atom. The lowest BCUT2D eigenvalue weighted by Gasteiger charge is -2.30. The van der Waals surface area contributed by atoms with E-state index in [0.29, 0.717) is 0 Å². The molecule has 0 radical (unpaired) electrons. The van der Waals surface area contributed by atoms with E-state index >= 15 is 0 Å². The third kappa shape index (κ3) is 3.35. The minimum absolute atomic E-state index is 0.0933. The third-order valence-corrected chi connectivity index (χ3v) is 3.74. The van der Waals surface area contributed by atoms with Crippen LogP contribution >= 0.6 is 0 Å². The van der Waals surface area contributed by atoms with Gasteiger partial charge in [-0.2, -0.15) is 5.10 Å². The normalized spacial score (nSPS) is 15.2. The summed E-state index contributed by atoms with van der Waals surface area (Å²) in [5, 5.41) is 4.17. The van der Waals surface area contributed by atoms with Crippen molar-refractivity contribution in [2.45, 2.75) is 0 Å². The van der Waals surface area contributed by atoms with Crippen LogP contribution in [0.3, 0.4) is 0 Å². The number of piperazine rings is 1. The highest BCUT2D eigenvalue weighted by Gasteiger charge is 2.16. The van der Waals surface area contributed by atoms with Gasteiger partial charge in [0, 0.05) is 50.1 Å². The summed E-state index contributed by atoms with van der Waals surface area (Å²) < 4.78 is 1.78. The Bertz CT molecular complexity index is 687. The molecule has 5 nitrogen and oxygen atoms in total. The van der Waals surface area contributed by atoms with E-state index in [9.17, 15) is 4.79 Å². The fourth-order valence-electron chi connectivity index (χ4n) is 2.33. The Morgan fingerprint density at radius 3 is 2.50 bits per heavy atom. The Labute approximate surface area is 130 Å². The van der Waals surface area contributed by atoms with Crippen molar-refractivity contribution < 1.29 is 4.79 Å². The molecule has 2 heterocycles. The second-order valence-corrected chi connectivity index (χ2v) is 5.34. The zero-order chi connectivity index (χ0) is 15.4. The number of carbonyl (C=O) groups excluding carboxylic acids is 1. The molecule has 1 aromatic heterocycles. The summed E-state index contributed by atoms with van der Waals surface area (Å²) in [5.41, 5.74) is 1.80. The zero-order valence-corrected chi connectivity index (χ0v) is 12.6. The molecule has 0 spiro atoms. The predicted octanol–water partition coefficient (Wildman–Crippen LogP) is 0.998. The summed E-state index contributed by atoms with van der Waals surface area (Å²) in [6.07, 6.45) is 3.63. The number of hydrogen-bond donors (Lipinski definition) is 0. The molecule has 1 saturated heterocycles. The van der Waals surface area contributed by atoms with Gasteiger partial charge in [-0.05, 0) is 37.4 Å². The fourth-order valence-corrected chi connectivity index (χ4v) is 2.33. The first-order chi connectivity index (χ1) is 10.7. The standard InChI is InChI=1S/C17H18N4O/c1-19-11-13-20(14-12-19)17(22)8-5-15-3-6-16(7-4-15)21-10-2-9-18-21/h2-4,6-7,9-10H,11-14H2,1H3. The van der Waals surface area contributed by atoms with Gasteiger partial charge in [-0.25, -0.2) is 4.68 Å². The molecule has 0 atom stereocenters.